The van der Waals surface area contributed by atoms with Crippen LogP contribution >= 0.6 is 0 Å². The van der Waals surface area contributed by atoms with Gasteiger partial charge in [-0.05, 0) is 19.8 Å². The largest absolute Gasteiger partial charge is 0.431 e. The van der Waals surface area contributed by atoms with Gasteiger partial charge in [0.25, 0.3) is 5.56 Å². The van der Waals surface area contributed by atoms with Gasteiger partial charge < -0.3 is 0 Å². The van der Waals surface area contributed by atoms with Crippen molar-refractivity contribution < 1.29 is 13.2 Å². The van der Waals surface area contributed by atoms with Crippen molar-refractivity contribution in [3.8, 4) is 0 Å². The molecule has 0 amide bonds. The second kappa shape index (κ2) is 7.36. The molecule has 4 nitrogen and oxygen atoms in total. The average Bonchev–Trinajstić information content (AvgIpc) is 2.46. The van der Waals surface area contributed by atoms with Gasteiger partial charge in [-0.2, -0.15) is 13.2 Å². The topological polar surface area (TPSA) is 44.0 Å². The van der Waals surface area contributed by atoms with Crippen molar-refractivity contribution in [3.05, 3.63) is 32.6 Å². The van der Waals surface area contributed by atoms with Crippen LogP contribution in [0, 0.1) is 0 Å². The van der Waals surface area contributed by atoms with Crippen LogP contribution in [0.5, 0.6) is 0 Å². The zero-order valence-electron chi connectivity index (χ0n) is 14.2. The van der Waals surface area contributed by atoms with Crippen LogP contribution in [-0.2, 0) is 18.8 Å². The van der Waals surface area contributed by atoms with Crippen LogP contribution in [0.25, 0.3) is 0 Å². The van der Waals surface area contributed by atoms with E-state index in [0.29, 0.717) is 23.5 Å². The standard InChI is InChI=1S/C16H25F3N2O2/c1-5-7-8-9-10-15(3,6-2)21-13(22)11-12(16(17,18)19)20(4)14(21)23/h11H,5-10H2,1-4H3. The molecular formula is C16H25F3N2O2. The van der Waals surface area contributed by atoms with Crippen molar-refractivity contribution >= 4 is 0 Å². The molecule has 0 N–H and O–H groups in total. The summed E-state index contributed by atoms with van der Waals surface area (Å²) in [5.41, 5.74) is -3.79. The van der Waals surface area contributed by atoms with E-state index in [-0.39, 0.29) is 0 Å². The van der Waals surface area contributed by atoms with Gasteiger partial charge in [0.2, 0.25) is 0 Å². The predicted octanol–water partition coefficient (Wildman–Crippen LogP) is 3.66. The average molecular weight is 334 g/mol. The molecule has 0 spiro atoms. The summed E-state index contributed by atoms with van der Waals surface area (Å²) in [6.07, 6.45) is 0.278. The van der Waals surface area contributed by atoms with E-state index in [1.807, 2.05) is 6.92 Å². The maximum Gasteiger partial charge on any atom is 0.431 e. The lowest BCUT2D eigenvalue weighted by Gasteiger charge is -2.31. The SMILES string of the molecule is CCCCCCC(C)(CC)n1c(=O)cc(C(F)(F)F)n(C)c1=O. The van der Waals surface area contributed by atoms with Crippen molar-refractivity contribution in [1.82, 2.24) is 9.13 Å². The van der Waals surface area contributed by atoms with Gasteiger partial charge in [0.05, 0.1) is 0 Å². The number of alkyl halides is 3. The summed E-state index contributed by atoms with van der Waals surface area (Å²) in [5, 5.41) is 0. The highest BCUT2D eigenvalue weighted by Crippen LogP contribution is 2.28. The minimum absolute atomic E-state index is 0.500. The molecule has 1 atom stereocenters. The van der Waals surface area contributed by atoms with Crippen LogP contribution in [0.4, 0.5) is 13.2 Å². The lowest BCUT2D eigenvalue weighted by Crippen LogP contribution is -2.50. The third-order valence-electron chi connectivity index (χ3n) is 4.48. The van der Waals surface area contributed by atoms with Crippen LogP contribution in [0.1, 0.15) is 65.0 Å². The summed E-state index contributed by atoms with van der Waals surface area (Å²) in [5.74, 6) is 0. The van der Waals surface area contributed by atoms with E-state index < -0.39 is 28.7 Å². The number of hydrogen-bond acceptors (Lipinski definition) is 2. The van der Waals surface area contributed by atoms with Gasteiger partial charge in [-0.25, -0.2) is 4.79 Å². The molecule has 1 heterocycles. The molecule has 0 saturated heterocycles. The quantitative estimate of drug-likeness (QED) is 0.714. The molecule has 0 saturated carbocycles. The van der Waals surface area contributed by atoms with E-state index in [2.05, 4.69) is 6.92 Å². The van der Waals surface area contributed by atoms with E-state index in [0.717, 1.165) is 37.3 Å². The van der Waals surface area contributed by atoms with Crippen LogP contribution in [-0.4, -0.2) is 9.13 Å². The van der Waals surface area contributed by atoms with Crippen LogP contribution in [0.3, 0.4) is 0 Å². The summed E-state index contributed by atoms with van der Waals surface area (Å²) in [6, 6.07) is 0.515. The number of rotatable bonds is 7. The first kappa shape index (κ1) is 19.5. The van der Waals surface area contributed by atoms with Crippen LogP contribution in [0.15, 0.2) is 15.7 Å². The fraction of sp³-hybridized carbons (Fsp3) is 0.750. The van der Waals surface area contributed by atoms with E-state index >= 15 is 0 Å². The molecule has 0 bridgehead atoms. The summed E-state index contributed by atoms with van der Waals surface area (Å²) >= 11 is 0. The molecule has 7 heteroatoms. The van der Waals surface area contributed by atoms with Crippen LogP contribution in [0.2, 0.25) is 0 Å². The Kier molecular flexibility index (Phi) is 6.25. The first-order valence-electron chi connectivity index (χ1n) is 7.99. The minimum atomic E-state index is -4.73. The number of unbranched alkanes of at least 4 members (excludes halogenated alkanes) is 3. The fourth-order valence-corrected chi connectivity index (χ4v) is 2.77. The van der Waals surface area contributed by atoms with Crippen molar-refractivity contribution in [1.29, 1.82) is 0 Å². The van der Waals surface area contributed by atoms with Gasteiger partial charge in [0, 0.05) is 18.7 Å². The molecular weight excluding hydrogens is 309 g/mol. The lowest BCUT2D eigenvalue weighted by atomic mass is 9.91. The van der Waals surface area contributed by atoms with E-state index in [9.17, 15) is 22.8 Å². The highest BCUT2D eigenvalue weighted by Gasteiger charge is 2.37. The van der Waals surface area contributed by atoms with Crippen molar-refractivity contribution in [2.24, 2.45) is 7.05 Å². The molecule has 1 aromatic rings. The molecule has 0 fully saturated rings. The smallest absolute Gasteiger partial charge is 0.292 e. The van der Waals surface area contributed by atoms with Gasteiger partial charge in [-0.1, -0.05) is 39.5 Å². The summed E-state index contributed by atoms with van der Waals surface area (Å²) < 4.78 is 40.2. The minimum Gasteiger partial charge on any atom is -0.292 e. The molecule has 0 aliphatic heterocycles. The third-order valence-corrected chi connectivity index (χ3v) is 4.48. The van der Waals surface area contributed by atoms with Gasteiger partial charge in [-0.3, -0.25) is 13.9 Å². The first-order chi connectivity index (χ1) is 10.6. The zero-order chi connectivity index (χ0) is 17.8. The van der Waals surface area contributed by atoms with E-state index in [1.165, 1.54) is 0 Å². The lowest BCUT2D eigenvalue weighted by molar-refractivity contribution is -0.144. The normalized spacial score (nSPS) is 14.7. The molecule has 0 radical (unpaired) electrons. The summed E-state index contributed by atoms with van der Waals surface area (Å²) in [4.78, 5) is 24.6. The highest BCUT2D eigenvalue weighted by molar-refractivity contribution is 5.08. The number of aromatic nitrogens is 2. The van der Waals surface area contributed by atoms with Crippen molar-refractivity contribution in [2.75, 3.05) is 0 Å². The Labute approximate surface area is 133 Å². The molecule has 1 unspecified atom stereocenters. The van der Waals surface area contributed by atoms with Crippen LogP contribution < -0.4 is 11.2 Å². The van der Waals surface area contributed by atoms with Crippen molar-refractivity contribution in [2.45, 2.75) is 71.0 Å². The maximum absolute atomic E-state index is 12.9. The van der Waals surface area contributed by atoms with E-state index in [1.54, 1.807) is 6.92 Å². The Morgan fingerprint density at radius 1 is 1.09 bits per heavy atom. The number of nitrogens with zero attached hydrogens (tertiary/aromatic N) is 2. The fourth-order valence-electron chi connectivity index (χ4n) is 2.77. The second-order valence-corrected chi connectivity index (χ2v) is 6.20. The van der Waals surface area contributed by atoms with Crippen molar-refractivity contribution in [3.63, 3.8) is 0 Å². The molecule has 1 aromatic heterocycles. The maximum atomic E-state index is 12.9. The van der Waals surface area contributed by atoms with E-state index in [4.69, 9.17) is 0 Å². The molecule has 132 valence electrons. The number of halogens is 3. The Bertz CT molecular complexity index is 646. The highest BCUT2D eigenvalue weighted by atomic mass is 19.4. The first-order valence-corrected chi connectivity index (χ1v) is 7.99. The summed E-state index contributed by atoms with van der Waals surface area (Å²) in [6.45, 7) is 5.67. The molecule has 0 aliphatic rings. The molecule has 23 heavy (non-hydrogen) atoms. The van der Waals surface area contributed by atoms with Gasteiger partial charge >= 0.3 is 11.9 Å². The summed E-state index contributed by atoms with van der Waals surface area (Å²) in [7, 11) is 1.05. The Balaban J connectivity index is 3.33. The monoisotopic (exact) mass is 334 g/mol. The Hall–Kier alpha value is -1.53. The molecule has 0 aromatic carbocycles. The predicted molar refractivity (Wildman–Crippen MR) is 83.6 cm³/mol. The van der Waals surface area contributed by atoms with Gasteiger partial charge in [0.15, 0.2) is 0 Å². The third kappa shape index (κ3) is 4.26. The Morgan fingerprint density at radius 3 is 2.17 bits per heavy atom. The molecule has 1 rings (SSSR count). The second-order valence-electron chi connectivity index (χ2n) is 6.20. The van der Waals surface area contributed by atoms with Gasteiger partial charge in [-0.15, -0.1) is 0 Å². The Morgan fingerprint density at radius 2 is 1.70 bits per heavy atom. The zero-order valence-corrected chi connectivity index (χ0v) is 14.2. The van der Waals surface area contributed by atoms with Gasteiger partial charge in [0.1, 0.15) is 5.69 Å². The number of hydrogen-bond donors (Lipinski definition) is 0. The molecule has 0 aliphatic carbocycles.